The third-order valence-corrected chi connectivity index (χ3v) is 1.76. The predicted octanol–water partition coefficient (Wildman–Crippen LogP) is 1.41. The van der Waals surface area contributed by atoms with Crippen molar-refractivity contribution in [2.24, 2.45) is 5.73 Å². The van der Waals surface area contributed by atoms with Gasteiger partial charge >= 0.3 is 5.97 Å². The van der Waals surface area contributed by atoms with Crippen molar-refractivity contribution < 1.29 is 9.53 Å². The fourth-order valence-corrected chi connectivity index (χ4v) is 1.15. The number of carbonyl (C=O) groups is 1. The summed E-state index contributed by atoms with van der Waals surface area (Å²) < 4.78 is 4.54. The Morgan fingerprint density at radius 2 is 2.00 bits per heavy atom. The molecule has 2 N–H and O–H groups in total. The van der Waals surface area contributed by atoms with Crippen molar-refractivity contribution in [3.63, 3.8) is 0 Å². The van der Waals surface area contributed by atoms with Crippen LogP contribution in [0, 0.1) is 0 Å². The van der Waals surface area contributed by atoms with Crippen LogP contribution in [-0.4, -0.2) is 11.1 Å². The number of nitrogens with two attached hydrogens (primary N) is 1. The SMILES string of the molecule is NC(=S)OC(=O)CCc1ccccc1. The van der Waals surface area contributed by atoms with Crippen molar-refractivity contribution >= 4 is 23.4 Å². The van der Waals surface area contributed by atoms with Gasteiger partial charge in [0.25, 0.3) is 5.17 Å². The lowest BCUT2D eigenvalue weighted by molar-refractivity contribution is -0.135. The summed E-state index contributed by atoms with van der Waals surface area (Å²) in [5, 5.41) is -0.219. The van der Waals surface area contributed by atoms with E-state index in [9.17, 15) is 4.79 Å². The van der Waals surface area contributed by atoms with Crippen LogP contribution < -0.4 is 5.73 Å². The monoisotopic (exact) mass is 209 g/mol. The van der Waals surface area contributed by atoms with E-state index in [2.05, 4.69) is 17.0 Å². The second-order valence-corrected chi connectivity index (χ2v) is 3.18. The van der Waals surface area contributed by atoms with Gasteiger partial charge in [-0.2, -0.15) is 0 Å². The minimum absolute atomic E-state index is 0.219. The average molecular weight is 209 g/mol. The molecule has 0 atom stereocenters. The van der Waals surface area contributed by atoms with E-state index in [0.717, 1.165) is 5.56 Å². The van der Waals surface area contributed by atoms with Crippen molar-refractivity contribution in [3.05, 3.63) is 35.9 Å². The molecule has 74 valence electrons. The van der Waals surface area contributed by atoms with Crippen LogP contribution in [0.4, 0.5) is 0 Å². The van der Waals surface area contributed by atoms with Crippen LogP contribution in [-0.2, 0) is 16.0 Å². The minimum Gasteiger partial charge on any atom is -0.399 e. The summed E-state index contributed by atoms with van der Waals surface area (Å²) in [6, 6.07) is 9.68. The highest BCUT2D eigenvalue weighted by Crippen LogP contribution is 2.02. The predicted molar refractivity (Wildman–Crippen MR) is 57.6 cm³/mol. The summed E-state index contributed by atoms with van der Waals surface area (Å²) in [6.07, 6.45) is 0.934. The van der Waals surface area contributed by atoms with E-state index in [4.69, 9.17) is 5.73 Å². The first-order valence-corrected chi connectivity index (χ1v) is 4.63. The van der Waals surface area contributed by atoms with Crippen LogP contribution in [0.15, 0.2) is 30.3 Å². The van der Waals surface area contributed by atoms with Gasteiger partial charge in [0.05, 0.1) is 6.42 Å². The molecule has 1 aromatic carbocycles. The van der Waals surface area contributed by atoms with Gasteiger partial charge < -0.3 is 10.5 Å². The molecule has 0 fully saturated rings. The highest BCUT2D eigenvalue weighted by Gasteiger charge is 2.04. The summed E-state index contributed by atoms with van der Waals surface area (Å²) in [6.45, 7) is 0. The number of thiocarbonyl (C=S) groups is 1. The Bertz CT molecular complexity index is 324. The molecule has 1 rings (SSSR count). The van der Waals surface area contributed by atoms with Gasteiger partial charge in [-0.15, -0.1) is 0 Å². The summed E-state index contributed by atoms with van der Waals surface area (Å²) in [5.41, 5.74) is 6.14. The molecule has 0 saturated carbocycles. The van der Waals surface area contributed by atoms with Crippen molar-refractivity contribution in [1.29, 1.82) is 0 Å². The molecule has 0 radical (unpaired) electrons. The number of hydrogen-bond acceptors (Lipinski definition) is 3. The average Bonchev–Trinajstić information content (AvgIpc) is 2.15. The molecule has 0 aliphatic heterocycles. The molecular weight excluding hydrogens is 198 g/mol. The Balaban J connectivity index is 2.34. The maximum absolute atomic E-state index is 11.0. The second-order valence-electron chi connectivity index (χ2n) is 2.78. The van der Waals surface area contributed by atoms with Crippen LogP contribution in [0.5, 0.6) is 0 Å². The third kappa shape index (κ3) is 4.00. The minimum atomic E-state index is -0.388. The molecule has 3 nitrogen and oxygen atoms in total. The quantitative estimate of drug-likeness (QED) is 0.604. The molecule has 0 aliphatic rings. The Labute approximate surface area is 87.9 Å². The van der Waals surface area contributed by atoms with Crippen LogP contribution in [0.2, 0.25) is 0 Å². The maximum Gasteiger partial charge on any atom is 0.313 e. The maximum atomic E-state index is 11.0. The molecule has 0 spiro atoms. The first-order valence-electron chi connectivity index (χ1n) is 4.22. The van der Waals surface area contributed by atoms with Gasteiger partial charge in [0.15, 0.2) is 0 Å². The Kier molecular flexibility index (Phi) is 4.07. The highest BCUT2D eigenvalue weighted by atomic mass is 32.1. The van der Waals surface area contributed by atoms with E-state index < -0.39 is 0 Å². The van der Waals surface area contributed by atoms with Crippen LogP contribution in [0.1, 0.15) is 12.0 Å². The number of esters is 1. The van der Waals surface area contributed by atoms with E-state index in [1.54, 1.807) is 0 Å². The molecule has 0 amide bonds. The Morgan fingerprint density at radius 1 is 1.36 bits per heavy atom. The molecule has 0 bridgehead atoms. The molecule has 0 aromatic heterocycles. The van der Waals surface area contributed by atoms with Crippen molar-refractivity contribution in [3.8, 4) is 0 Å². The van der Waals surface area contributed by atoms with E-state index in [-0.39, 0.29) is 11.1 Å². The largest absolute Gasteiger partial charge is 0.399 e. The van der Waals surface area contributed by atoms with Crippen molar-refractivity contribution in [2.75, 3.05) is 0 Å². The molecule has 0 heterocycles. The van der Waals surface area contributed by atoms with Gasteiger partial charge in [-0.25, -0.2) is 0 Å². The Hall–Kier alpha value is -1.42. The van der Waals surface area contributed by atoms with Gasteiger partial charge in [-0.3, -0.25) is 4.79 Å². The lowest BCUT2D eigenvalue weighted by Crippen LogP contribution is -2.18. The summed E-state index contributed by atoms with van der Waals surface area (Å²) >= 11 is 4.44. The van der Waals surface area contributed by atoms with Gasteiger partial charge in [0.2, 0.25) is 0 Å². The third-order valence-electron chi connectivity index (χ3n) is 1.68. The van der Waals surface area contributed by atoms with E-state index >= 15 is 0 Å². The van der Waals surface area contributed by atoms with E-state index in [1.807, 2.05) is 30.3 Å². The molecule has 0 unspecified atom stereocenters. The zero-order valence-corrected chi connectivity index (χ0v) is 8.42. The zero-order chi connectivity index (χ0) is 10.4. The first-order chi connectivity index (χ1) is 6.68. The number of benzene rings is 1. The number of hydrogen-bond donors (Lipinski definition) is 1. The standard InChI is InChI=1S/C10H11NO2S/c11-10(14)13-9(12)7-6-8-4-2-1-3-5-8/h1-5H,6-7H2,(H2,11,14). The van der Waals surface area contributed by atoms with E-state index in [1.165, 1.54) is 0 Å². The lowest BCUT2D eigenvalue weighted by atomic mass is 10.1. The van der Waals surface area contributed by atoms with Gasteiger partial charge in [-0.05, 0) is 24.2 Å². The number of rotatable bonds is 3. The van der Waals surface area contributed by atoms with E-state index in [0.29, 0.717) is 12.8 Å². The summed E-state index contributed by atoms with van der Waals surface area (Å²) in [4.78, 5) is 11.0. The molecule has 0 aliphatic carbocycles. The van der Waals surface area contributed by atoms with Crippen molar-refractivity contribution in [2.45, 2.75) is 12.8 Å². The van der Waals surface area contributed by atoms with Gasteiger partial charge in [-0.1, -0.05) is 30.3 Å². The van der Waals surface area contributed by atoms with Crippen molar-refractivity contribution in [1.82, 2.24) is 0 Å². The summed E-state index contributed by atoms with van der Waals surface area (Å²) in [7, 11) is 0. The zero-order valence-electron chi connectivity index (χ0n) is 7.60. The normalized spacial score (nSPS) is 9.43. The smallest absolute Gasteiger partial charge is 0.313 e. The van der Waals surface area contributed by atoms with Crippen LogP contribution in [0.3, 0.4) is 0 Å². The molecule has 4 heteroatoms. The second kappa shape index (κ2) is 5.34. The molecular formula is C10H11NO2S. The van der Waals surface area contributed by atoms with Crippen LogP contribution >= 0.6 is 12.2 Å². The fraction of sp³-hybridized carbons (Fsp3) is 0.200. The Morgan fingerprint density at radius 3 is 2.57 bits per heavy atom. The number of ether oxygens (including phenoxy) is 1. The lowest BCUT2D eigenvalue weighted by Gasteiger charge is -2.01. The van der Waals surface area contributed by atoms with Gasteiger partial charge in [0, 0.05) is 0 Å². The summed E-state index contributed by atoms with van der Waals surface area (Å²) in [5.74, 6) is -0.388. The fourth-order valence-electron chi connectivity index (χ4n) is 1.05. The molecule has 14 heavy (non-hydrogen) atoms. The molecule has 1 aromatic rings. The van der Waals surface area contributed by atoms with Gasteiger partial charge in [0.1, 0.15) is 0 Å². The number of carbonyl (C=O) groups excluding carboxylic acids is 1. The number of aryl methyl sites for hydroxylation is 1. The molecule has 0 saturated heterocycles. The highest BCUT2D eigenvalue weighted by molar-refractivity contribution is 7.80. The first kappa shape index (κ1) is 10.7. The topological polar surface area (TPSA) is 52.3 Å². The van der Waals surface area contributed by atoms with Crippen LogP contribution in [0.25, 0.3) is 0 Å².